The Kier molecular flexibility index (Phi) is 10.9. The summed E-state index contributed by atoms with van der Waals surface area (Å²) in [6, 6.07) is 6.87. The smallest absolute Gasteiger partial charge is 0.407 e. The van der Waals surface area contributed by atoms with Gasteiger partial charge in [0, 0.05) is 24.2 Å². The third-order valence-corrected chi connectivity index (χ3v) is 13.3. The fourth-order valence-electron chi connectivity index (χ4n) is 10.1. The van der Waals surface area contributed by atoms with E-state index in [0.717, 1.165) is 19.3 Å². The summed E-state index contributed by atoms with van der Waals surface area (Å²) in [7, 11) is 0. The van der Waals surface area contributed by atoms with Crippen LogP contribution in [0, 0.1) is 22.7 Å². The molecule has 1 saturated heterocycles. The van der Waals surface area contributed by atoms with Crippen LogP contribution in [-0.4, -0.2) is 115 Å². The largest absolute Gasteiger partial charge is 0.456 e. The van der Waals surface area contributed by atoms with Crippen LogP contribution in [-0.2, 0) is 28.5 Å². The second-order valence-electron chi connectivity index (χ2n) is 18.1. The first kappa shape index (κ1) is 41.2. The molecular formula is C41H57NO13. The lowest BCUT2D eigenvalue weighted by molar-refractivity contribution is -0.343. The molecule has 1 aliphatic heterocycles. The predicted octanol–water partition coefficient (Wildman–Crippen LogP) is 2.90. The maximum atomic E-state index is 14.7. The quantitative estimate of drug-likeness (QED) is 0.134. The molecule has 4 fully saturated rings. The number of hydrogen-bond acceptors (Lipinski definition) is 13. The number of nitrogens with one attached hydrogen (secondary N) is 1. The molecule has 14 nitrogen and oxygen atoms in total. The topological polar surface area (TPSA) is 218 Å². The second-order valence-corrected chi connectivity index (χ2v) is 18.1. The highest BCUT2D eigenvalue weighted by atomic mass is 16.6. The highest BCUT2D eigenvalue weighted by Crippen LogP contribution is 2.63. The predicted molar refractivity (Wildman–Crippen MR) is 195 cm³/mol. The summed E-state index contributed by atoms with van der Waals surface area (Å²) >= 11 is 0. The van der Waals surface area contributed by atoms with Gasteiger partial charge in [-0.05, 0) is 76.7 Å². The number of aliphatic hydroxyl groups is 5. The Balaban J connectivity index is 1.43. The fourth-order valence-corrected chi connectivity index (χ4v) is 10.1. The molecule has 1 unspecified atom stereocenters. The van der Waals surface area contributed by atoms with E-state index in [-0.39, 0.29) is 35.7 Å². The van der Waals surface area contributed by atoms with Gasteiger partial charge in [0.05, 0.1) is 35.8 Å². The van der Waals surface area contributed by atoms with Crippen molar-refractivity contribution in [1.29, 1.82) is 0 Å². The summed E-state index contributed by atoms with van der Waals surface area (Å²) in [5, 5.41) is 63.5. The zero-order valence-electron chi connectivity index (χ0n) is 32.7. The lowest BCUT2D eigenvalue weighted by Crippen LogP contribution is -2.81. The molecule has 0 radical (unpaired) electrons. The average Bonchev–Trinajstić information content (AvgIpc) is 3.12. The van der Waals surface area contributed by atoms with E-state index in [1.807, 2.05) is 0 Å². The van der Waals surface area contributed by atoms with E-state index in [2.05, 4.69) is 5.32 Å². The number of aliphatic hydroxyl groups excluding tert-OH is 3. The number of carbonyl (C=O) groups excluding carboxylic acids is 4. The number of alkyl carbamates (subject to hydrolysis) is 1. The molecular weight excluding hydrogens is 714 g/mol. The van der Waals surface area contributed by atoms with Crippen molar-refractivity contribution < 1.29 is 63.7 Å². The van der Waals surface area contributed by atoms with Gasteiger partial charge in [-0.2, -0.15) is 0 Å². The van der Waals surface area contributed by atoms with Crippen LogP contribution in [0.3, 0.4) is 0 Å². The molecule has 1 amide bonds. The zero-order valence-corrected chi connectivity index (χ0v) is 32.7. The van der Waals surface area contributed by atoms with Crippen molar-refractivity contribution in [3.63, 3.8) is 0 Å². The van der Waals surface area contributed by atoms with Crippen molar-refractivity contribution in [3.8, 4) is 0 Å². The van der Waals surface area contributed by atoms with Crippen LogP contribution in [0.2, 0.25) is 0 Å². The molecule has 11 atom stereocenters. The van der Waals surface area contributed by atoms with E-state index >= 15 is 0 Å². The van der Waals surface area contributed by atoms with Crippen LogP contribution < -0.4 is 5.32 Å². The number of hydrogen-bond donors (Lipinski definition) is 6. The van der Waals surface area contributed by atoms with Gasteiger partial charge in [-0.15, -0.1) is 0 Å². The molecule has 1 aromatic carbocycles. The Morgan fingerprint density at radius 2 is 1.62 bits per heavy atom. The molecule has 0 spiro atoms. The lowest BCUT2D eigenvalue weighted by atomic mass is 9.44. The van der Waals surface area contributed by atoms with Gasteiger partial charge >= 0.3 is 18.0 Å². The Morgan fingerprint density at radius 1 is 0.982 bits per heavy atom. The van der Waals surface area contributed by atoms with E-state index in [4.69, 9.17) is 18.9 Å². The summed E-state index contributed by atoms with van der Waals surface area (Å²) in [6.07, 6.45) is -6.94. The minimum Gasteiger partial charge on any atom is -0.456 e. The molecule has 3 saturated carbocycles. The van der Waals surface area contributed by atoms with Crippen molar-refractivity contribution in [2.24, 2.45) is 22.7 Å². The Bertz CT molecular complexity index is 1700. The van der Waals surface area contributed by atoms with Crippen LogP contribution >= 0.6 is 0 Å². The third-order valence-electron chi connectivity index (χ3n) is 13.3. The minimum absolute atomic E-state index is 0.0131. The third kappa shape index (κ3) is 6.90. The highest BCUT2D eigenvalue weighted by molar-refractivity contribution is 5.94. The van der Waals surface area contributed by atoms with Crippen molar-refractivity contribution in [1.82, 2.24) is 5.32 Å². The fraction of sp³-hybridized carbons (Fsp3) is 0.707. The van der Waals surface area contributed by atoms with Gasteiger partial charge in [0.15, 0.2) is 11.9 Å². The number of rotatable bonds is 7. The maximum Gasteiger partial charge on any atom is 0.407 e. The number of Topliss-reactive ketones (excluding diaryl/α,β-unsaturated/α-hetero) is 1. The van der Waals surface area contributed by atoms with Gasteiger partial charge in [0.25, 0.3) is 0 Å². The standard InChI is InChI=1S/C41H57NO13/c1-21-24(53-35(48)30(45)28(22-14-10-8-11-15-22)42-36(49)55-37(2,3)4)19-41(51)33(54-34(47)23-16-12-9-13-17-23)31-39(7,25(43)18-26-40(31,50)20-52-26)32(46)29(44)27(21)38(41,5)6/h9,12-13,16-17,22,24-26,28-31,33,43-45,50-51H,8,10-11,14-15,18-20H2,1-7H3,(H,42,49)/t24?,25-,26+,28-,29+,30+,31-,33-,39+,40-,41+/m0/s1. The lowest BCUT2D eigenvalue weighted by Gasteiger charge is -2.66. The maximum absolute atomic E-state index is 14.7. The first-order valence-corrected chi connectivity index (χ1v) is 19.4. The summed E-state index contributed by atoms with van der Waals surface area (Å²) in [5.74, 6) is -4.67. The molecule has 2 bridgehead atoms. The van der Waals surface area contributed by atoms with Crippen LogP contribution in [0.5, 0.6) is 0 Å². The molecule has 1 aromatic rings. The molecule has 55 heavy (non-hydrogen) atoms. The molecule has 6 rings (SSSR count). The zero-order chi connectivity index (χ0) is 40.5. The molecule has 4 aliphatic carbocycles. The number of ether oxygens (including phenoxy) is 4. The number of esters is 2. The van der Waals surface area contributed by atoms with E-state index < -0.39 is 106 Å². The molecule has 1 heterocycles. The van der Waals surface area contributed by atoms with E-state index in [1.165, 1.54) is 19.1 Å². The van der Waals surface area contributed by atoms with Crippen LogP contribution in [0.25, 0.3) is 0 Å². The Hall–Kier alpha value is -3.40. The molecule has 0 aromatic heterocycles. The summed E-state index contributed by atoms with van der Waals surface area (Å²) < 4.78 is 23.3. The Morgan fingerprint density at radius 3 is 2.20 bits per heavy atom. The van der Waals surface area contributed by atoms with Gasteiger partial charge in [-0.3, -0.25) is 4.79 Å². The molecule has 6 N–H and O–H groups in total. The van der Waals surface area contributed by atoms with Crippen molar-refractivity contribution in [2.45, 2.75) is 153 Å². The van der Waals surface area contributed by atoms with E-state index in [0.29, 0.717) is 12.8 Å². The summed E-state index contributed by atoms with van der Waals surface area (Å²) in [4.78, 5) is 55.6. The molecule has 5 aliphatic rings. The summed E-state index contributed by atoms with van der Waals surface area (Å²) in [6.45, 7) is 10.9. The Labute approximate surface area is 321 Å². The van der Waals surface area contributed by atoms with Gasteiger partial charge in [-0.25, -0.2) is 14.4 Å². The number of ketones is 1. The van der Waals surface area contributed by atoms with Gasteiger partial charge in [0.2, 0.25) is 0 Å². The van der Waals surface area contributed by atoms with Crippen molar-refractivity contribution in [2.75, 3.05) is 6.61 Å². The van der Waals surface area contributed by atoms with Crippen LogP contribution in [0.1, 0.15) is 104 Å². The first-order chi connectivity index (χ1) is 25.6. The average molecular weight is 772 g/mol. The van der Waals surface area contributed by atoms with E-state index in [1.54, 1.807) is 59.7 Å². The highest BCUT2D eigenvalue weighted by Gasteiger charge is 2.76. The first-order valence-electron chi connectivity index (χ1n) is 19.4. The monoisotopic (exact) mass is 771 g/mol. The van der Waals surface area contributed by atoms with Gasteiger partial charge < -0.3 is 49.8 Å². The summed E-state index contributed by atoms with van der Waals surface area (Å²) in [5.41, 5.74) is -8.21. The number of fused-ring (bicyclic) bond motifs is 5. The SMILES string of the molecule is CC1=C2[C@@H](O)C(=O)[C@@]3(C)[C@H]([C@H](OC(=O)c4ccccc4)[C@](O)(CC1OC(=O)[C@H](O)[C@@H](NC(=O)OC(C)(C)C)C1CCCCC1)C2(C)C)[C@]1(O)CO[C@@H]1C[C@@H]3O. The second kappa shape index (κ2) is 14.5. The number of amides is 1. The van der Waals surface area contributed by atoms with E-state index in [9.17, 15) is 44.7 Å². The molecule has 304 valence electrons. The van der Waals surface area contributed by atoms with Crippen molar-refractivity contribution >= 4 is 23.8 Å². The minimum atomic E-state index is -2.28. The number of benzene rings is 1. The number of carbonyl (C=O) groups is 4. The van der Waals surface area contributed by atoms with Crippen LogP contribution in [0.4, 0.5) is 4.79 Å². The van der Waals surface area contributed by atoms with Gasteiger partial charge in [0.1, 0.15) is 35.1 Å². The van der Waals surface area contributed by atoms with Crippen molar-refractivity contribution in [3.05, 3.63) is 47.0 Å². The molecule has 14 heteroatoms. The normalized spacial score (nSPS) is 37.1. The van der Waals surface area contributed by atoms with Crippen LogP contribution in [0.15, 0.2) is 41.5 Å². The van der Waals surface area contributed by atoms with Gasteiger partial charge in [-0.1, -0.05) is 51.3 Å².